The van der Waals surface area contributed by atoms with Gasteiger partial charge in [0.2, 0.25) is 0 Å². The van der Waals surface area contributed by atoms with E-state index in [1.165, 1.54) is 32.4 Å². The Morgan fingerprint density at radius 3 is 1.57 bits per heavy atom. The average Bonchev–Trinajstić information content (AvgIpc) is 3.67. The zero-order valence-corrected chi connectivity index (χ0v) is 33.2. The van der Waals surface area contributed by atoms with Crippen LogP contribution in [0.2, 0.25) is 0 Å². The van der Waals surface area contributed by atoms with E-state index in [0.29, 0.717) is 5.82 Å². The number of rotatable bonds is 6. The van der Waals surface area contributed by atoms with Crippen molar-refractivity contribution < 1.29 is 0 Å². The minimum Gasteiger partial charge on any atom is -0.309 e. The third-order valence-electron chi connectivity index (χ3n) is 12.2. The summed E-state index contributed by atoms with van der Waals surface area (Å²) >= 11 is 0. The first kappa shape index (κ1) is 34.9. The Balaban J connectivity index is 1.14. The molecule has 12 aromatic rings. The Morgan fingerprint density at radius 2 is 0.836 bits per heavy atom. The quantitative estimate of drug-likeness (QED) is 0.124. The maximum atomic E-state index is 5.61. The Labute approximate surface area is 353 Å². The SMILES string of the molecule is c1ccc(-c2ccccc2-c2cc(-c3ccccc3-c3ccc4c5ccccc5n(-c5ccccc5)c4c3)nc(-c3c4ccccc4cc4c3ccc3ccccc34)n2)cc1. The smallest absolute Gasteiger partial charge is 0.161 e. The molecule has 2 aromatic heterocycles. The molecule has 0 saturated heterocycles. The predicted octanol–water partition coefficient (Wildman–Crippen LogP) is 15.4. The number of aromatic nitrogens is 3. The van der Waals surface area contributed by atoms with Crippen molar-refractivity contribution in [3.63, 3.8) is 0 Å². The van der Waals surface area contributed by atoms with Gasteiger partial charge in [-0.2, -0.15) is 0 Å². The second kappa shape index (κ2) is 14.3. The highest BCUT2D eigenvalue weighted by Gasteiger charge is 2.21. The summed E-state index contributed by atoms with van der Waals surface area (Å²) in [5.41, 5.74) is 12.8. The minimum atomic E-state index is 0.696. The van der Waals surface area contributed by atoms with E-state index in [2.05, 4.69) is 229 Å². The van der Waals surface area contributed by atoms with Gasteiger partial charge >= 0.3 is 0 Å². The molecule has 10 aromatic carbocycles. The van der Waals surface area contributed by atoms with Crippen LogP contribution in [-0.2, 0) is 0 Å². The fourth-order valence-corrected chi connectivity index (χ4v) is 9.42. The van der Waals surface area contributed by atoms with Crippen LogP contribution in [0.4, 0.5) is 0 Å². The van der Waals surface area contributed by atoms with Crippen LogP contribution in [0.3, 0.4) is 0 Å². The molecule has 0 spiro atoms. The zero-order valence-electron chi connectivity index (χ0n) is 33.2. The molecular weight excluding hydrogens is 739 g/mol. The lowest BCUT2D eigenvalue weighted by Crippen LogP contribution is -1.99. The number of nitrogens with zero attached hydrogens (tertiary/aromatic N) is 3. The van der Waals surface area contributed by atoms with Gasteiger partial charge in [-0.05, 0) is 91.0 Å². The highest BCUT2D eigenvalue weighted by Crippen LogP contribution is 2.43. The van der Waals surface area contributed by atoms with Crippen LogP contribution in [0.25, 0.3) is 116 Å². The van der Waals surface area contributed by atoms with Gasteiger partial charge in [-0.3, -0.25) is 0 Å². The molecule has 0 fully saturated rings. The molecular formula is C58H37N3. The van der Waals surface area contributed by atoms with Crippen molar-refractivity contribution in [1.29, 1.82) is 0 Å². The number of hydrogen-bond acceptors (Lipinski definition) is 2. The Bertz CT molecular complexity index is 3640. The van der Waals surface area contributed by atoms with Crippen LogP contribution < -0.4 is 0 Å². The second-order valence-electron chi connectivity index (χ2n) is 15.7. The summed E-state index contributed by atoms with van der Waals surface area (Å²) in [6, 6.07) is 80.4. The largest absolute Gasteiger partial charge is 0.309 e. The van der Waals surface area contributed by atoms with E-state index >= 15 is 0 Å². The van der Waals surface area contributed by atoms with Gasteiger partial charge in [0.05, 0.1) is 22.4 Å². The molecule has 0 aliphatic rings. The standard InChI is InChI=1S/C58H37N3/c1-3-17-38(18-4-1)43-23-11-13-27-47(43)53-37-54(60-58(59-53)57-46-26-10-8-20-40(46)35-52-44-24-9-7-19-39(44)31-34-51(52)57)48-28-14-12-25-45(48)41-32-33-50-49-29-15-16-30-55(49)61(56(50)36-41)42-21-5-2-6-22-42/h1-37H. The van der Waals surface area contributed by atoms with Crippen LogP contribution in [0, 0.1) is 0 Å². The number of benzene rings is 10. The zero-order chi connectivity index (χ0) is 40.3. The van der Waals surface area contributed by atoms with Crippen LogP contribution in [0.1, 0.15) is 0 Å². The van der Waals surface area contributed by atoms with Gasteiger partial charge in [0, 0.05) is 33.2 Å². The molecule has 0 unspecified atom stereocenters. The average molecular weight is 776 g/mol. The lowest BCUT2D eigenvalue weighted by molar-refractivity contribution is 1.18. The molecule has 0 N–H and O–H groups in total. The van der Waals surface area contributed by atoms with Gasteiger partial charge in [0.1, 0.15) is 0 Å². The monoisotopic (exact) mass is 775 g/mol. The normalized spacial score (nSPS) is 11.6. The van der Waals surface area contributed by atoms with E-state index in [0.717, 1.165) is 77.7 Å². The van der Waals surface area contributed by atoms with Crippen molar-refractivity contribution in [2.75, 3.05) is 0 Å². The second-order valence-corrected chi connectivity index (χ2v) is 15.7. The molecule has 0 bridgehead atoms. The first-order valence-corrected chi connectivity index (χ1v) is 20.8. The van der Waals surface area contributed by atoms with Crippen molar-refractivity contribution in [2.24, 2.45) is 0 Å². The molecule has 0 amide bonds. The lowest BCUT2D eigenvalue weighted by Gasteiger charge is -2.17. The number of para-hydroxylation sites is 2. The lowest BCUT2D eigenvalue weighted by atomic mass is 9.92. The van der Waals surface area contributed by atoms with Gasteiger partial charge in [0.25, 0.3) is 0 Å². The van der Waals surface area contributed by atoms with Crippen LogP contribution >= 0.6 is 0 Å². The van der Waals surface area contributed by atoms with Crippen LogP contribution in [-0.4, -0.2) is 14.5 Å². The molecule has 61 heavy (non-hydrogen) atoms. The third-order valence-corrected chi connectivity index (χ3v) is 12.2. The Morgan fingerprint density at radius 1 is 0.295 bits per heavy atom. The molecule has 0 atom stereocenters. The number of fused-ring (bicyclic) bond motifs is 7. The van der Waals surface area contributed by atoms with Gasteiger partial charge in [0.15, 0.2) is 5.82 Å². The summed E-state index contributed by atoms with van der Waals surface area (Å²) < 4.78 is 2.38. The molecule has 284 valence electrons. The van der Waals surface area contributed by atoms with E-state index in [9.17, 15) is 0 Å². The first-order valence-electron chi connectivity index (χ1n) is 20.8. The molecule has 12 rings (SSSR count). The number of hydrogen-bond donors (Lipinski definition) is 0. The van der Waals surface area contributed by atoms with Crippen molar-refractivity contribution in [2.45, 2.75) is 0 Å². The topological polar surface area (TPSA) is 30.7 Å². The van der Waals surface area contributed by atoms with Gasteiger partial charge < -0.3 is 4.57 Å². The molecule has 0 radical (unpaired) electrons. The summed E-state index contributed by atoms with van der Waals surface area (Å²) in [5, 5.41) is 9.48. The maximum Gasteiger partial charge on any atom is 0.161 e. The van der Waals surface area contributed by atoms with E-state index in [1.54, 1.807) is 0 Å². The molecule has 0 aliphatic heterocycles. The van der Waals surface area contributed by atoms with E-state index in [4.69, 9.17) is 9.97 Å². The van der Waals surface area contributed by atoms with Gasteiger partial charge in [-0.15, -0.1) is 0 Å². The minimum absolute atomic E-state index is 0.696. The Hall–Kier alpha value is -8.14. The van der Waals surface area contributed by atoms with Crippen LogP contribution in [0.15, 0.2) is 224 Å². The highest BCUT2D eigenvalue weighted by atomic mass is 15.0. The fraction of sp³-hybridized carbons (Fsp3) is 0. The fourth-order valence-electron chi connectivity index (χ4n) is 9.42. The van der Waals surface area contributed by atoms with E-state index in [1.807, 2.05) is 0 Å². The Kier molecular flexibility index (Phi) is 8.17. The van der Waals surface area contributed by atoms with Crippen molar-refractivity contribution in [3.05, 3.63) is 224 Å². The van der Waals surface area contributed by atoms with Crippen molar-refractivity contribution in [1.82, 2.24) is 14.5 Å². The highest BCUT2D eigenvalue weighted by molar-refractivity contribution is 6.19. The van der Waals surface area contributed by atoms with Gasteiger partial charge in [-0.1, -0.05) is 188 Å². The molecule has 3 nitrogen and oxygen atoms in total. The molecule has 2 heterocycles. The summed E-state index contributed by atoms with van der Waals surface area (Å²) in [4.78, 5) is 11.2. The van der Waals surface area contributed by atoms with E-state index < -0.39 is 0 Å². The third kappa shape index (κ3) is 5.82. The van der Waals surface area contributed by atoms with Crippen molar-refractivity contribution in [3.8, 4) is 61.8 Å². The summed E-state index contributed by atoms with van der Waals surface area (Å²) in [6.45, 7) is 0. The van der Waals surface area contributed by atoms with Gasteiger partial charge in [-0.25, -0.2) is 9.97 Å². The van der Waals surface area contributed by atoms with E-state index in [-0.39, 0.29) is 0 Å². The summed E-state index contributed by atoms with van der Waals surface area (Å²) in [6.07, 6.45) is 0. The molecule has 3 heteroatoms. The summed E-state index contributed by atoms with van der Waals surface area (Å²) in [5.74, 6) is 0.696. The molecule has 0 aliphatic carbocycles. The van der Waals surface area contributed by atoms with Crippen molar-refractivity contribution >= 4 is 54.1 Å². The predicted molar refractivity (Wildman–Crippen MR) is 256 cm³/mol. The molecule has 0 saturated carbocycles. The first-order chi connectivity index (χ1) is 30.3. The maximum absolute atomic E-state index is 5.61. The summed E-state index contributed by atoms with van der Waals surface area (Å²) in [7, 11) is 0. The van der Waals surface area contributed by atoms with Crippen LogP contribution in [0.5, 0.6) is 0 Å².